The highest BCUT2D eigenvalue weighted by molar-refractivity contribution is 7.91. The molecule has 1 fully saturated rings. The lowest BCUT2D eigenvalue weighted by Crippen LogP contribution is -2.35. The van der Waals surface area contributed by atoms with Crippen LogP contribution in [0.15, 0.2) is 0 Å². The largest absolute Gasteiger partial charge is 0.319 e. The fourth-order valence-electron chi connectivity index (χ4n) is 3.00. The number of nitrogens with one attached hydrogen (secondary N) is 1. The van der Waals surface area contributed by atoms with Gasteiger partial charge in [0.2, 0.25) is 0 Å². The molecule has 1 N–H and O–H groups in total. The van der Waals surface area contributed by atoms with E-state index in [2.05, 4.69) is 5.32 Å². The zero-order valence-corrected chi connectivity index (χ0v) is 12.1. The quantitative estimate of drug-likeness (QED) is 0.765. The Morgan fingerprint density at radius 2 is 1.82 bits per heavy atom. The lowest BCUT2D eigenvalue weighted by Gasteiger charge is -2.37. The first kappa shape index (κ1) is 15.0. The number of hydrogen-bond donors (Lipinski definition) is 1. The molecule has 102 valence electrons. The average molecular weight is 261 g/mol. The summed E-state index contributed by atoms with van der Waals surface area (Å²) in [6.07, 6.45) is 8.38. The molecule has 0 atom stereocenters. The Morgan fingerprint density at radius 3 is 2.35 bits per heavy atom. The molecule has 0 bridgehead atoms. The van der Waals surface area contributed by atoms with Crippen LogP contribution in [-0.4, -0.2) is 33.5 Å². The van der Waals surface area contributed by atoms with Crippen LogP contribution in [-0.2, 0) is 9.84 Å². The molecule has 0 unspecified atom stereocenters. The fraction of sp³-hybridized carbons (Fsp3) is 1.00. The lowest BCUT2D eigenvalue weighted by atomic mass is 9.71. The van der Waals surface area contributed by atoms with Gasteiger partial charge in [-0.2, -0.15) is 0 Å². The normalized spacial score (nSPS) is 20.4. The minimum Gasteiger partial charge on any atom is -0.319 e. The predicted molar refractivity (Wildman–Crippen MR) is 73.0 cm³/mol. The van der Waals surface area contributed by atoms with Crippen LogP contribution in [0.1, 0.15) is 51.9 Å². The van der Waals surface area contributed by atoms with Crippen molar-refractivity contribution in [2.45, 2.75) is 51.9 Å². The second-order valence-electron chi connectivity index (χ2n) is 5.43. The van der Waals surface area contributed by atoms with Crippen LogP contribution < -0.4 is 5.32 Å². The van der Waals surface area contributed by atoms with E-state index < -0.39 is 9.84 Å². The van der Waals surface area contributed by atoms with Gasteiger partial charge in [0.05, 0.1) is 5.75 Å². The number of sulfone groups is 1. The summed E-state index contributed by atoms with van der Waals surface area (Å²) in [7, 11) is -0.783. The zero-order chi connectivity index (χ0) is 12.8. The first-order valence-electron chi connectivity index (χ1n) is 6.89. The molecule has 0 radical (unpaired) electrons. The van der Waals surface area contributed by atoms with Gasteiger partial charge in [0.25, 0.3) is 0 Å². The molecule has 0 aromatic carbocycles. The summed E-state index contributed by atoms with van der Waals surface area (Å²) in [4.78, 5) is 0. The molecular weight excluding hydrogens is 234 g/mol. The summed E-state index contributed by atoms with van der Waals surface area (Å²) >= 11 is 0. The van der Waals surface area contributed by atoms with Crippen LogP contribution >= 0.6 is 0 Å². The zero-order valence-electron chi connectivity index (χ0n) is 11.3. The molecule has 1 aliphatic rings. The van der Waals surface area contributed by atoms with E-state index in [1.807, 2.05) is 7.05 Å². The van der Waals surface area contributed by atoms with Crippen molar-refractivity contribution in [1.29, 1.82) is 0 Å². The van der Waals surface area contributed by atoms with Crippen molar-refractivity contribution in [2.75, 3.05) is 25.1 Å². The summed E-state index contributed by atoms with van der Waals surface area (Å²) in [6, 6.07) is 0. The second kappa shape index (κ2) is 6.74. The van der Waals surface area contributed by atoms with Crippen molar-refractivity contribution in [1.82, 2.24) is 5.32 Å². The van der Waals surface area contributed by atoms with Gasteiger partial charge in [0.15, 0.2) is 0 Å². The Hall–Kier alpha value is -0.0900. The highest BCUT2D eigenvalue weighted by Gasteiger charge is 2.31. The van der Waals surface area contributed by atoms with E-state index >= 15 is 0 Å². The third-order valence-electron chi connectivity index (χ3n) is 4.07. The fourth-order valence-corrected chi connectivity index (χ4v) is 3.88. The Morgan fingerprint density at radius 1 is 1.18 bits per heavy atom. The Bertz CT molecular complexity index is 300. The molecule has 4 heteroatoms. The van der Waals surface area contributed by atoms with Gasteiger partial charge in [-0.25, -0.2) is 8.42 Å². The summed E-state index contributed by atoms with van der Waals surface area (Å²) < 4.78 is 23.0. The smallest absolute Gasteiger partial charge is 0.150 e. The highest BCUT2D eigenvalue weighted by atomic mass is 32.2. The van der Waals surface area contributed by atoms with E-state index in [1.54, 1.807) is 6.92 Å². The van der Waals surface area contributed by atoms with Crippen molar-refractivity contribution in [3.63, 3.8) is 0 Å². The minimum absolute atomic E-state index is 0.284. The topological polar surface area (TPSA) is 46.2 Å². The molecule has 0 aromatic rings. The van der Waals surface area contributed by atoms with Gasteiger partial charge in [0, 0.05) is 12.3 Å². The Labute approximate surface area is 106 Å². The summed E-state index contributed by atoms with van der Waals surface area (Å²) in [5, 5.41) is 3.29. The van der Waals surface area contributed by atoms with Gasteiger partial charge in [0.1, 0.15) is 9.84 Å². The van der Waals surface area contributed by atoms with E-state index in [1.165, 1.54) is 32.1 Å². The van der Waals surface area contributed by atoms with Crippen molar-refractivity contribution in [3.8, 4) is 0 Å². The molecular formula is C13H27NO2S. The monoisotopic (exact) mass is 261 g/mol. The molecule has 0 amide bonds. The van der Waals surface area contributed by atoms with Crippen molar-refractivity contribution < 1.29 is 8.42 Å². The maximum absolute atomic E-state index is 11.5. The number of hydrogen-bond acceptors (Lipinski definition) is 3. The van der Waals surface area contributed by atoms with Gasteiger partial charge in [-0.15, -0.1) is 0 Å². The van der Waals surface area contributed by atoms with E-state index in [0.717, 1.165) is 19.4 Å². The predicted octanol–water partition coefficient (Wildman–Crippen LogP) is 2.37. The summed E-state index contributed by atoms with van der Waals surface area (Å²) in [5.41, 5.74) is 0.371. The van der Waals surface area contributed by atoms with Crippen molar-refractivity contribution in [2.24, 2.45) is 5.41 Å². The van der Waals surface area contributed by atoms with Crippen LogP contribution in [0.5, 0.6) is 0 Å². The molecule has 0 heterocycles. The van der Waals surface area contributed by atoms with E-state index in [9.17, 15) is 8.42 Å². The van der Waals surface area contributed by atoms with E-state index in [4.69, 9.17) is 0 Å². The molecule has 0 aromatic heterocycles. The van der Waals surface area contributed by atoms with Crippen LogP contribution in [0.25, 0.3) is 0 Å². The molecule has 0 saturated heterocycles. The molecule has 0 spiro atoms. The average Bonchev–Trinajstić information content (AvgIpc) is 2.30. The maximum Gasteiger partial charge on any atom is 0.150 e. The van der Waals surface area contributed by atoms with Gasteiger partial charge in [-0.05, 0) is 38.1 Å². The molecule has 0 aliphatic heterocycles. The maximum atomic E-state index is 11.5. The van der Waals surface area contributed by atoms with E-state index in [-0.39, 0.29) is 5.75 Å². The van der Waals surface area contributed by atoms with Crippen LogP contribution in [0.4, 0.5) is 0 Å². The third kappa shape index (κ3) is 4.96. The van der Waals surface area contributed by atoms with Gasteiger partial charge in [-0.1, -0.05) is 26.2 Å². The lowest BCUT2D eigenvalue weighted by molar-refractivity contribution is 0.169. The Balaban J connectivity index is 2.44. The van der Waals surface area contributed by atoms with Crippen LogP contribution in [0.2, 0.25) is 0 Å². The molecule has 1 rings (SSSR count). The second-order valence-corrected chi connectivity index (χ2v) is 7.90. The van der Waals surface area contributed by atoms with Crippen molar-refractivity contribution in [3.05, 3.63) is 0 Å². The van der Waals surface area contributed by atoms with Crippen LogP contribution in [0.3, 0.4) is 0 Å². The molecule has 3 nitrogen and oxygen atoms in total. The molecule has 1 saturated carbocycles. The molecule has 1 aliphatic carbocycles. The third-order valence-corrected chi connectivity index (χ3v) is 5.86. The van der Waals surface area contributed by atoms with E-state index in [0.29, 0.717) is 11.2 Å². The first-order valence-corrected chi connectivity index (χ1v) is 8.71. The minimum atomic E-state index is -2.78. The Kier molecular flexibility index (Phi) is 5.93. The molecule has 17 heavy (non-hydrogen) atoms. The van der Waals surface area contributed by atoms with Gasteiger partial charge >= 0.3 is 0 Å². The SMILES string of the molecule is CCS(=O)(=O)CCCC1(CNC)CCCCC1. The summed E-state index contributed by atoms with van der Waals surface area (Å²) in [5.74, 6) is 0.654. The van der Waals surface area contributed by atoms with Crippen LogP contribution in [0, 0.1) is 5.41 Å². The summed E-state index contributed by atoms with van der Waals surface area (Å²) in [6.45, 7) is 2.78. The highest BCUT2D eigenvalue weighted by Crippen LogP contribution is 2.39. The van der Waals surface area contributed by atoms with Crippen molar-refractivity contribution >= 4 is 9.84 Å². The standard InChI is InChI=1S/C13H27NO2S/c1-3-17(15,16)11-7-10-13(12-14-2)8-5-4-6-9-13/h14H,3-12H2,1-2H3. The number of rotatable bonds is 7. The van der Waals surface area contributed by atoms with Gasteiger partial charge in [-0.3, -0.25) is 0 Å². The van der Waals surface area contributed by atoms with Gasteiger partial charge < -0.3 is 5.32 Å². The first-order chi connectivity index (χ1) is 8.04.